The van der Waals surface area contributed by atoms with Gasteiger partial charge in [-0.05, 0) is 142 Å². The van der Waals surface area contributed by atoms with Crippen molar-refractivity contribution in [3.8, 4) is 0 Å². The van der Waals surface area contributed by atoms with Crippen LogP contribution in [0, 0.1) is 142 Å². The molecule has 0 aromatic rings. The highest BCUT2D eigenvalue weighted by Crippen LogP contribution is 2.79. The Morgan fingerprint density at radius 1 is 0.139 bits per heavy atom. The highest BCUT2D eigenvalue weighted by molar-refractivity contribution is 5.22. The molecule has 0 aromatic carbocycles. The summed E-state index contributed by atoms with van der Waals surface area (Å²) in [5.41, 5.74) is 0. The lowest BCUT2D eigenvalue weighted by Gasteiger charge is -2.79. The number of rotatable bonds is 0. The molecule has 36 heavy (non-hydrogen) atoms. The molecule has 12 atom stereocenters. The van der Waals surface area contributed by atoms with Crippen molar-refractivity contribution in [3.05, 3.63) is 0 Å². The van der Waals surface area contributed by atoms with Crippen LogP contribution in [-0.2, 0) is 0 Å². The Morgan fingerprint density at radius 2 is 0.222 bits per heavy atom. The molecule has 0 bridgehead atoms. The average Bonchev–Trinajstić information content (AvgIpc) is 2.83. The van der Waals surface area contributed by atoms with E-state index in [0.717, 1.165) is 142 Å². The van der Waals surface area contributed by atoms with Gasteiger partial charge in [-0.15, -0.1) is 0 Å². The second-order valence-electron chi connectivity index (χ2n) is 17.2. The van der Waals surface area contributed by atoms with Gasteiger partial charge in [-0.2, -0.15) is 0 Å². The van der Waals surface area contributed by atoms with Gasteiger partial charge in [0.15, 0.2) is 0 Å². The van der Waals surface area contributed by atoms with Crippen LogP contribution in [-0.4, -0.2) is 0 Å². The third-order valence-electron chi connectivity index (χ3n) is 17.6. The molecular weight excluding hydrogens is 432 g/mol. The summed E-state index contributed by atoms with van der Waals surface area (Å²) in [5, 5.41) is 0. The minimum atomic E-state index is 0.918. The van der Waals surface area contributed by atoms with Gasteiger partial charge >= 0.3 is 0 Å². The van der Waals surface area contributed by atoms with E-state index in [1.54, 1.807) is 0 Å². The van der Waals surface area contributed by atoms with E-state index < -0.39 is 0 Å². The van der Waals surface area contributed by atoms with E-state index in [4.69, 9.17) is 0 Å². The molecular formula is C36H60. The maximum Gasteiger partial charge on any atom is -0.0312 e. The Balaban J connectivity index is 1.50. The van der Waals surface area contributed by atoms with Crippen LogP contribution < -0.4 is 0 Å². The Bertz CT molecular complexity index is 642. The number of hydrogen-bond donors (Lipinski definition) is 0. The first-order valence-corrected chi connectivity index (χ1v) is 16.9. The first-order valence-electron chi connectivity index (χ1n) is 16.9. The van der Waals surface area contributed by atoms with Gasteiger partial charge in [0.1, 0.15) is 0 Å². The third-order valence-corrected chi connectivity index (χ3v) is 17.6. The minimum Gasteiger partial charge on any atom is -0.0620 e. The van der Waals surface area contributed by atoms with Crippen molar-refractivity contribution in [3.63, 3.8) is 0 Å². The van der Waals surface area contributed by atoms with Gasteiger partial charge in [0.2, 0.25) is 0 Å². The molecule has 0 spiro atoms. The fraction of sp³-hybridized carbons (Fsp3) is 1.00. The summed E-state index contributed by atoms with van der Waals surface area (Å²) < 4.78 is 0. The molecule has 7 fully saturated rings. The van der Waals surface area contributed by atoms with Crippen molar-refractivity contribution in [1.82, 2.24) is 0 Å². The standard InChI is InChI=1S/C36H60/c1-13-14(2)26-17(5)18(6)28-21(9)23(11)30-24(12)22(10)29-20(8)19(7)27-16(4)15(3)25(13)31-32(26)34(28)36(30)35(29)33(27)31/h13-36H,1-12H3. The summed E-state index contributed by atoms with van der Waals surface area (Å²) in [5.74, 6) is 23.2. The van der Waals surface area contributed by atoms with Crippen LogP contribution in [0.4, 0.5) is 0 Å². The Hall–Kier alpha value is 0. The molecule has 7 saturated carbocycles. The lowest BCUT2D eigenvalue weighted by atomic mass is 9.26. The first kappa shape index (κ1) is 25.0. The van der Waals surface area contributed by atoms with Gasteiger partial charge in [0.25, 0.3) is 0 Å². The highest BCUT2D eigenvalue weighted by Gasteiger charge is 2.75. The van der Waals surface area contributed by atoms with E-state index in [-0.39, 0.29) is 0 Å². The molecule has 0 N–H and O–H groups in total. The summed E-state index contributed by atoms with van der Waals surface area (Å²) in [6.07, 6.45) is 0. The summed E-state index contributed by atoms with van der Waals surface area (Å²) in [6, 6.07) is 0. The Morgan fingerprint density at radius 3 is 0.306 bits per heavy atom. The molecule has 7 aliphatic rings. The van der Waals surface area contributed by atoms with Crippen LogP contribution in [0.3, 0.4) is 0 Å². The van der Waals surface area contributed by atoms with Crippen molar-refractivity contribution < 1.29 is 0 Å². The van der Waals surface area contributed by atoms with Gasteiger partial charge in [-0.1, -0.05) is 83.1 Å². The first-order chi connectivity index (χ1) is 16.9. The van der Waals surface area contributed by atoms with Crippen LogP contribution >= 0.6 is 0 Å². The van der Waals surface area contributed by atoms with E-state index >= 15 is 0 Å². The van der Waals surface area contributed by atoms with Crippen LogP contribution in [0.5, 0.6) is 0 Å². The van der Waals surface area contributed by atoms with Crippen molar-refractivity contribution in [2.75, 3.05) is 0 Å². The Labute approximate surface area is 224 Å². The predicted molar refractivity (Wildman–Crippen MR) is 152 cm³/mol. The highest BCUT2D eigenvalue weighted by atomic mass is 14.8. The zero-order chi connectivity index (χ0) is 25.9. The fourth-order valence-electron chi connectivity index (χ4n) is 15.9. The molecule has 0 radical (unpaired) electrons. The molecule has 204 valence electrons. The monoisotopic (exact) mass is 492 g/mol. The SMILES string of the molecule is CC1C(C)C2C(C)C(C)C3C(C)C(C)C4C(C)C(C)C5C(C)C(C)C6C(C)C(C)C1C1C2C3C4C5C61. The molecule has 0 saturated heterocycles. The summed E-state index contributed by atoms with van der Waals surface area (Å²) in [4.78, 5) is 0. The lowest BCUT2D eigenvalue weighted by Crippen LogP contribution is -2.75. The molecule has 0 heterocycles. The second kappa shape index (κ2) is 7.80. The van der Waals surface area contributed by atoms with Gasteiger partial charge in [-0.3, -0.25) is 0 Å². The molecule has 0 amide bonds. The van der Waals surface area contributed by atoms with Crippen molar-refractivity contribution in [2.24, 2.45) is 142 Å². The molecule has 12 unspecified atom stereocenters. The molecule has 0 aliphatic heterocycles. The maximum atomic E-state index is 2.73. The zero-order valence-electron chi connectivity index (χ0n) is 25.9. The largest absolute Gasteiger partial charge is 0.0620 e. The van der Waals surface area contributed by atoms with E-state index in [1.807, 2.05) is 0 Å². The second-order valence-corrected chi connectivity index (χ2v) is 17.2. The molecule has 0 nitrogen and oxygen atoms in total. The number of hydrogen-bond acceptors (Lipinski definition) is 0. The van der Waals surface area contributed by atoms with Gasteiger partial charge in [0.05, 0.1) is 0 Å². The van der Waals surface area contributed by atoms with E-state index in [0.29, 0.717) is 0 Å². The predicted octanol–water partition coefficient (Wildman–Crippen LogP) is 9.11. The van der Waals surface area contributed by atoms with Gasteiger partial charge < -0.3 is 0 Å². The van der Waals surface area contributed by atoms with E-state index in [1.165, 1.54) is 0 Å². The smallest absolute Gasteiger partial charge is 0.0312 e. The average molecular weight is 493 g/mol. The molecule has 7 rings (SSSR count). The fourth-order valence-corrected chi connectivity index (χ4v) is 15.9. The van der Waals surface area contributed by atoms with E-state index in [2.05, 4.69) is 83.1 Å². The zero-order valence-corrected chi connectivity index (χ0v) is 25.9. The van der Waals surface area contributed by atoms with Crippen LogP contribution in [0.2, 0.25) is 0 Å². The van der Waals surface area contributed by atoms with Crippen molar-refractivity contribution >= 4 is 0 Å². The topological polar surface area (TPSA) is 0 Å². The normalized spacial score (nSPS) is 73.0. The van der Waals surface area contributed by atoms with Crippen molar-refractivity contribution in [1.29, 1.82) is 0 Å². The quantitative estimate of drug-likeness (QED) is 0.316. The van der Waals surface area contributed by atoms with Gasteiger partial charge in [-0.25, -0.2) is 0 Å². The summed E-state index contributed by atoms with van der Waals surface area (Å²) in [7, 11) is 0. The van der Waals surface area contributed by atoms with E-state index in [9.17, 15) is 0 Å². The maximum absolute atomic E-state index is 2.73. The lowest BCUT2D eigenvalue weighted by molar-refractivity contribution is -0.319. The van der Waals surface area contributed by atoms with Crippen molar-refractivity contribution in [2.45, 2.75) is 83.1 Å². The minimum absolute atomic E-state index is 0.918. The molecule has 0 aromatic heterocycles. The third kappa shape index (κ3) is 2.57. The van der Waals surface area contributed by atoms with Gasteiger partial charge in [0, 0.05) is 0 Å². The molecule has 7 aliphatic carbocycles. The van der Waals surface area contributed by atoms with Crippen LogP contribution in [0.1, 0.15) is 83.1 Å². The summed E-state index contributed by atoms with van der Waals surface area (Å²) in [6.45, 7) is 32.8. The Kier molecular flexibility index (Phi) is 5.42. The van der Waals surface area contributed by atoms with Crippen LogP contribution in [0.25, 0.3) is 0 Å². The summed E-state index contributed by atoms with van der Waals surface area (Å²) >= 11 is 0. The van der Waals surface area contributed by atoms with Crippen LogP contribution in [0.15, 0.2) is 0 Å². The molecule has 0 heteroatoms.